The number of nitrogens with two attached hydrogens (primary N) is 1. The summed E-state index contributed by atoms with van der Waals surface area (Å²) in [5, 5.41) is 4.86. The number of anilines is 5. The van der Waals surface area contributed by atoms with Gasteiger partial charge in [-0.15, -0.1) is 0 Å². The number of rotatable bonds is 6. The molecule has 1 aromatic heterocycles. The summed E-state index contributed by atoms with van der Waals surface area (Å²) < 4.78 is 2.42. The molecular formula is C45H34N4. The highest BCUT2D eigenvalue weighted by molar-refractivity contribution is 6.12. The van der Waals surface area contributed by atoms with Gasteiger partial charge in [0.2, 0.25) is 0 Å². The van der Waals surface area contributed by atoms with E-state index in [1.165, 1.54) is 33.3 Å². The molecular weight excluding hydrogens is 597 g/mol. The van der Waals surface area contributed by atoms with E-state index in [1.807, 2.05) is 30.3 Å². The minimum Gasteiger partial charge on any atom is -0.355 e. The molecule has 0 aliphatic carbocycles. The van der Waals surface area contributed by atoms with Crippen LogP contribution in [0.2, 0.25) is 0 Å². The second kappa shape index (κ2) is 12.0. The van der Waals surface area contributed by atoms with Gasteiger partial charge in [-0.2, -0.15) is 0 Å². The molecule has 3 N–H and O–H groups in total. The molecule has 4 nitrogen and oxygen atoms in total. The molecule has 1 aliphatic heterocycles. The van der Waals surface area contributed by atoms with Crippen LogP contribution in [0.15, 0.2) is 182 Å². The van der Waals surface area contributed by atoms with Crippen LogP contribution in [0, 0.1) is 0 Å². The molecule has 9 rings (SSSR count). The first-order valence-corrected chi connectivity index (χ1v) is 16.7. The van der Waals surface area contributed by atoms with E-state index in [0.717, 1.165) is 45.3 Å². The van der Waals surface area contributed by atoms with Crippen molar-refractivity contribution in [2.75, 3.05) is 10.2 Å². The smallest absolute Gasteiger partial charge is 0.0803 e. The molecule has 49 heavy (non-hydrogen) atoms. The van der Waals surface area contributed by atoms with Crippen LogP contribution in [-0.4, -0.2) is 4.57 Å². The van der Waals surface area contributed by atoms with Crippen molar-refractivity contribution in [2.24, 2.45) is 5.73 Å². The zero-order chi connectivity index (χ0) is 32.7. The van der Waals surface area contributed by atoms with Gasteiger partial charge in [0.25, 0.3) is 0 Å². The number of fused-ring (bicyclic) bond motifs is 7. The van der Waals surface area contributed by atoms with Crippen molar-refractivity contribution in [3.63, 3.8) is 0 Å². The maximum absolute atomic E-state index is 6.77. The third-order valence-corrected chi connectivity index (χ3v) is 9.56. The summed E-state index contributed by atoms with van der Waals surface area (Å²) in [5.41, 5.74) is 21.4. The Morgan fingerprint density at radius 2 is 1.10 bits per heavy atom. The lowest BCUT2D eigenvalue weighted by atomic mass is 9.97. The molecule has 0 fully saturated rings. The van der Waals surface area contributed by atoms with E-state index in [4.69, 9.17) is 5.73 Å². The Morgan fingerprint density at radius 1 is 0.490 bits per heavy atom. The van der Waals surface area contributed by atoms with E-state index < -0.39 is 0 Å². The number of nitrogens with zero attached hydrogens (tertiary/aromatic N) is 2. The van der Waals surface area contributed by atoms with Crippen LogP contribution < -0.4 is 16.0 Å². The first-order chi connectivity index (χ1) is 24.3. The molecule has 0 saturated heterocycles. The molecule has 0 radical (unpaired) electrons. The molecule has 0 unspecified atom stereocenters. The van der Waals surface area contributed by atoms with Gasteiger partial charge in [-0.1, -0.05) is 127 Å². The minimum atomic E-state index is -0.236. The zero-order valence-electron chi connectivity index (χ0n) is 26.9. The molecule has 1 atom stereocenters. The predicted molar refractivity (Wildman–Crippen MR) is 205 cm³/mol. The van der Waals surface area contributed by atoms with Crippen molar-refractivity contribution >= 4 is 39.3 Å². The SMILES string of the molecule is N[C@@H](c1ccccc1)c1ccccc1Nc1ccc(N2c3ccccc3-c3ccccc3-c3c2c2ccccc2n3-c2ccccc2)cc1. The van der Waals surface area contributed by atoms with Gasteiger partial charge in [0.15, 0.2) is 0 Å². The van der Waals surface area contributed by atoms with Crippen molar-refractivity contribution < 1.29 is 0 Å². The fourth-order valence-electron chi connectivity index (χ4n) is 7.32. The Labute approximate surface area is 286 Å². The van der Waals surface area contributed by atoms with Crippen LogP contribution in [0.3, 0.4) is 0 Å². The highest BCUT2D eigenvalue weighted by atomic mass is 15.2. The normalized spacial score (nSPS) is 12.5. The van der Waals surface area contributed by atoms with Gasteiger partial charge >= 0.3 is 0 Å². The standard InChI is InChI=1S/C45H34N4/c46-43(31-15-3-1-4-16-31)38-22-9-12-24-40(38)47-32-27-29-34(30-28-32)49-41-25-13-10-20-36(41)35-19-7-8-21-37(35)44-45(49)39-23-11-14-26-42(39)48(44)33-17-5-2-6-18-33/h1-30,43,47H,46H2/t43-/m0/s1. The van der Waals surface area contributed by atoms with Crippen LogP contribution in [0.25, 0.3) is 39.0 Å². The van der Waals surface area contributed by atoms with E-state index in [1.54, 1.807) is 0 Å². The van der Waals surface area contributed by atoms with Crippen molar-refractivity contribution in [2.45, 2.75) is 6.04 Å². The minimum absolute atomic E-state index is 0.236. The summed E-state index contributed by atoms with van der Waals surface area (Å²) >= 11 is 0. The molecule has 0 amide bonds. The van der Waals surface area contributed by atoms with Crippen LogP contribution in [0.5, 0.6) is 0 Å². The Kier molecular flexibility index (Phi) is 7.07. The van der Waals surface area contributed by atoms with E-state index >= 15 is 0 Å². The molecule has 8 aromatic rings. The third-order valence-electron chi connectivity index (χ3n) is 9.56. The Balaban J connectivity index is 1.21. The summed E-state index contributed by atoms with van der Waals surface area (Å²) in [7, 11) is 0. The zero-order valence-corrected chi connectivity index (χ0v) is 26.9. The monoisotopic (exact) mass is 630 g/mol. The number of aromatic nitrogens is 1. The lowest BCUT2D eigenvalue weighted by Gasteiger charge is -2.27. The molecule has 1 aliphatic rings. The maximum Gasteiger partial charge on any atom is 0.0803 e. The van der Waals surface area contributed by atoms with Crippen LogP contribution in [0.1, 0.15) is 17.2 Å². The summed E-state index contributed by atoms with van der Waals surface area (Å²) in [6.45, 7) is 0. The predicted octanol–water partition coefficient (Wildman–Crippen LogP) is 11.5. The van der Waals surface area contributed by atoms with Crippen molar-refractivity contribution in [3.8, 4) is 28.1 Å². The number of para-hydroxylation sites is 4. The Hall–Kier alpha value is -6.36. The van der Waals surface area contributed by atoms with Crippen molar-refractivity contribution in [1.29, 1.82) is 0 Å². The quantitative estimate of drug-likeness (QED) is 0.192. The first-order valence-electron chi connectivity index (χ1n) is 16.7. The van der Waals surface area contributed by atoms with Crippen LogP contribution >= 0.6 is 0 Å². The molecule has 4 heteroatoms. The van der Waals surface area contributed by atoms with Gasteiger partial charge in [-0.05, 0) is 71.3 Å². The van der Waals surface area contributed by atoms with E-state index in [9.17, 15) is 0 Å². The average Bonchev–Trinajstić information content (AvgIpc) is 3.45. The topological polar surface area (TPSA) is 46.2 Å². The van der Waals surface area contributed by atoms with Crippen LogP contribution in [0.4, 0.5) is 28.4 Å². The van der Waals surface area contributed by atoms with Gasteiger partial charge in [-0.3, -0.25) is 0 Å². The van der Waals surface area contributed by atoms with E-state index in [2.05, 4.69) is 166 Å². The second-order valence-corrected chi connectivity index (χ2v) is 12.4. The number of nitrogens with one attached hydrogen (secondary N) is 1. The van der Waals surface area contributed by atoms with Gasteiger partial charge in [0.1, 0.15) is 0 Å². The summed E-state index contributed by atoms with van der Waals surface area (Å²) in [4.78, 5) is 2.44. The molecule has 0 saturated carbocycles. The van der Waals surface area contributed by atoms with E-state index in [0.29, 0.717) is 0 Å². The van der Waals surface area contributed by atoms with E-state index in [-0.39, 0.29) is 6.04 Å². The fourth-order valence-corrected chi connectivity index (χ4v) is 7.32. The molecule has 0 bridgehead atoms. The lowest BCUT2D eigenvalue weighted by Crippen LogP contribution is -2.13. The fraction of sp³-hybridized carbons (Fsp3) is 0.0222. The lowest BCUT2D eigenvalue weighted by molar-refractivity contribution is 0.874. The Morgan fingerprint density at radius 3 is 1.90 bits per heavy atom. The van der Waals surface area contributed by atoms with Gasteiger partial charge in [-0.25, -0.2) is 0 Å². The van der Waals surface area contributed by atoms with Crippen molar-refractivity contribution in [3.05, 3.63) is 193 Å². The number of benzene rings is 7. The van der Waals surface area contributed by atoms with Crippen LogP contribution in [-0.2, 0) is 0 Å². The molecule has 234 valence electrons. The maximum atomic E-state index is 6.77. The Bertz CT molecular complexity index is 2430. The largest absolute Gasteiger partial charge is 0.355 e. The third kappa shape index (κ3) is 4.89. The van der Waals surface area contributed by atoms with Gasteiger partial charge in [0, 0.05) is 39.3 Å². The first kappa shape index (κ1) is 28.8. The van der Waals surface area contributed by atoms with Gasteiger partial charge in [0.05, 0.1) is 28.6 Å². The van der Waals surface area contributed by atoms with Crippen molar-refractivity contribution in [1.82, 2.24) is 4.57 Å². The van der Waals surface area contributed by atoms with Gasteiger partial charge < -0.3 is 20.5 Å². The second-order valence-electron chi connectivity index (χ2n) is 12.4. The highest BCUT2D eigenvalue weighted by Crippen LogP contribution is 2.54. The average molecular weight is 631 g/mol. The summed E-state index contributed by atoms with van der Waals surface area (Å²) in [5.74, 6) is 0. The summed E-state index contributed by atoms with van der Waals surface area (Å²) in [6, 6.07) is 64.1. The molecule has 0 spiro atoms. The molecule has 7 aromatic carbocycles. The highest BCUT2D eigenvalue weighted by Gasteiger charge is 2.31. The number of hydrogen-bond acceptors (Lipinski definition) is 3. The molecule has 2 heterocycles. The number of hydrogen-bond donors (Lipinski definition) is 2. The summed E-state index contributed by atoms with van der Waals surface area (Å²) in [6.07, 6.45) is 0.